The molecule has 100 valence electrons. The highest BCUT2D eigenvalue weighted by Crippen LogP contribution is 2.36. The zero-order valence-corrected chi connectivity index (χ0v) is 11.2. The van der Waals surface area contributed by atoms with E-state index in [9.17, 15) is 0 Å². The quantitative estimate of drug-likeness (QED) is 0.895. The topological polar surface area (TPSA) is 51.0 Å². The first-order chi connectivity index (χ1) is 8.86. The van der Waals surface area contributed by atoms with Crippen molar-refractivity contribution in [2.24, 2.45) is 5.92 Å². The molecule has 0 radical (unpaired) electrons. The number of hydrogen-bond acceptors (Lipinski definition) is 4. The lowest BCUT2D eigenvalue weighted by Gasteiger charge is -2.26. The minimum absolute atomic E-state index is 0.441. The molecular weight excluding hydrogens is 226 g/mol. The lowest BCUT2D eigenvalue weighted by molar-refractivity contribution is 0.296. The number of hydrogen-bond donors (Lipinski definition) is 1. The predicted molar refractivity (Wildman–Crippen MR) is 69.5 cm³/mol. The van der Waals surface area contributed by atoms with Gasteiger partial charge in [0, 0.05) is 12.5 Å². The average molecular weight is 249 g/mol. The van der Waals surface area contributed by atoms with Gasteiger partial charge in [-0.3, -0.25) is 0 Å². The second-order valence-corrected chi connectivity index (χ2v) is 5.82. The molecule has 1 aromatic rings. The highest BCUT2D eigenvalue weighted by atomic mass is 16.5. The maximum atomic E-state index is 5.47. The van der Waals surface area contributed by atoms with Gasteiger partial charge in [-0.05, 0) is 31.7 Å². The molecule has 3 atom stereocenters. The molecule has 2 heterocycles. The molecule has 2 aliphatic rings. The SMILES string of the molecule is CCC1CCCC(c2noc(C3CCNC3)n2)C1. The van der Waals surface area contributed by atoms with Crippen LogP contribution < -0.4 is 5.32 Å². The second-order valence-electron chi connectivity index (χ2n) is 5.82. The standard InChI is InChI=1S/C14H23N3O/c1-2-10-4-3-5-11(8-10)13-16-14(18-17-13)12-6-7-15-9-12/h10-12,15H,2-9H2,1H3. The normalized spacial score (nSPS) is 32.8. The van der Waals surface area contributed by atoms with Crippen molar-refractivity contribution in [3.05, 3.63) is 11.7 Å². The molecule has 0 amide bonds. The molecule has 3 rings (SSSR count). The molecule has 1 aliphatic heterocycles. The molecule has 1 saturated carbocycles. The van der Waals surface area contributed by atoms with E-state index in [-0.39, 0.29) is 0 Å². The van der Waals surface area contributed by atoms with Crippen LogP contribution in [0.2, 0.25) is 0 Å². The molecule has 1 N–H and O–H groups in total. The Kier molecular flexibility index (Phi) is 3.64. The van der Waals surface area contributed by atoms with Crippen molar-refractivity contribution in [2.75, 3.05) is 13.1 Å². The van der Waals surface area contributed by atoms with Crippen molar-refractivity contribution in [3.8, 4) is 0 Å². The van der Waals surface area contributed by atoms with E-state index in [1.54, 1.807) is 0 Å². The molecule has 18 heavy (non-hydrogen) atoms. The molecule has 0 spiro atoms. The molecule has 0 aromatic carbocycles. The summed E-state index contributed by atoms with van der Waals surface area (Å²) < 4.78 is 5.47. The van der Waals surface area contributed by atoms with Crippen molar-refractivity contribution in [2.45, 2.75) is 57.3 Å². The van der Waals surface area contributed by atoms with Crippen LogP contribution in [0.15, 0.2) is 4.52 Å². The van der Waals surface area contributed by atoms with E-state index in [1.165, 1.54) is 32.1 Å². The fraction of sp³-hybridized carbons (Fsp3) is 0.857. The Balaban J connectivity index is 1.68. The molecular formula is C14H23N3O. The van der Waals surface area contributed by atoms with Gasteiger partial charge < -0.3 is 9.84 Å². The van der Waals surface area contributed by atoms with Gasteiger partial charge in [-0.2, -0.15) is 4.98 Å². The molecule has 1 saturated heterocycles. The summed E-state index contributed by atoms with van der Waals surface area (Å²) in [5.74, 6) is 3.66. The smallest absolute Gasteiger partial charge is 0.231 e. The molecule has 1 aliphatic carbocycles. The van der Waals surface area contributed by atoms with Gasteiger partial charge in [-0.25, -0.2) is 0 Å². The Morgan fingerprint density at radius 3 is 3.00 bits per heavy atom. The largest absolute Gasteiger partial charge is 0.339 e. The molecule has 2 fully saturated rings. The Labute approximate surface area is 109 Å². The van der Waals surface area contributed by atoms with Gasteiger partial charge in [0.2, 0.25) is 5.89 Å². The van der Waals surface area contributed by atoms with E-state index in [2.05, 4.69) is 22.4 Å². The van der Waals surface area contributed by atoms with Gasteiger partial charge >= 0.3 is 0 Å². The summed E-state index contributed by atoms with van der Waals surface area (Å²) in [5, 5.41) is 7.59. The maximum Gasteiger partial charge on any atom is 0.231 e. The average Bonchev–Trinajstić information content (AvgIpc) is 3.09. The first-order valence-electron chi connectivity index (χ1n) is 7.41. The Bertz CT molecular complexity index is 384. The van der Waals surface area contributed by atoms with Crippen molar-refractivity contribution in [1.29, 1.82) is 0 Å². The lowest BCUT2D eigenvalue weighted by atomic mass is 9.80. The van der Waals surface area contributed by atoms with Gasteiger partial charge in [0.15, 0.2) is 5.82 Å². The van der Waals surface area contributed by atoms with Crippen LogP contribution in [0.4, 0.5) is 0 Å². The highest BCUT2D eigenvalue weighted by molar-refractivity contribution is 5.02. The van der Waals surface area contributed by atoms with E-state index in [4.69, 9.17) is 4.52 Å². The highest BCUT2D eigenvalue weighted by Gasteiger charge is 2.28. The van der Waals surface area contributed by atoms with Crippen LogP contribution in [-0.2, 0) is 0 Å². The van der Waals surface area contributed by atoms with Crippen LogP contribution in [0.5, 0.6) is 0 Å². The van der Waals surface area contributed by atoms with Gasteiger partial charge in [0.1, 0.15) is 0 Å². The minimum atomic E-state index is 0.441. The second kappa shape index (κ2) is 5.39. The molecule has 4 heteroatoms. The third kappa shape index (κ3) is 2.44. The monoisotopic (exact) mass is 249 g/mol. The Hall–Kier alpha value is -0.900. The molecule has 4 nitrogen and oxygen atoms in total. The summed E-state index contributed by atoms with van der Waals surface area (Å²) >= 11 is 0. The van der Waals surface area contributed by atoms with Gasteiger partial charge in [0.05, 0.1) is 5.92 Å². The maximum absolute atomic E-state index is 5.47. The summed E-state index contributed by atoms with van der Waals surface area (Å²) in [5.41, 5.74) is 0. The summed E-state index contributed by atoms with van der Waals surface area (Å²) in [6.45, 7) is 4.35. The zero-order valence-electron chi connectivity index (χ0n) is 11.2. The first kappa shape index (κ1) is 12.2. The van der Waals surface area contributed by atoms with E-state index in [0.29, 0.717) is 11.8 Å². The Morgan fingerprint density at radius 2 is 2.22 bits per heavy atom. The van der Waals surface area contributed by atoms with E-state index in [0.717, 1.165) is 37.1 Å². The van der Waals surface area contributed by atoms with Crippen molar-refractivity contribution in [3.63, 3.8) is 0 Å². The number of nitrogens with zero attached hydrogens (tertiary/aromatic N) is 2. The third-order valence-corrected chi connectivity index (χ3v) is 4.59. The van der Waals surface area contributed by atoms with E-state index < -0.39 is 0 Å². The summed E-state index contributed by atoms with van der Waals surface area (Å²) in [6.07, 6.45) is 7.59. The fourth-order valence-electron chi connectivity index (χ4n) is 3.34. The molecule has 3 unspecified atom stereocenters. The summed E-state index contributed by atoms with van der Waals surface area (Å²) in [6, 6.07) is 0. The number of nitrogens with one attached hydrogen (secondary N) is 1. The fourth-order valence-corrected chi connectivity index (χ4v) is 3.34. The van der Waals surface area contributed by atoms with Gasteiger partial charge in [-0.15, -0.1) is 0 Å². The summed E-state index contributed by atoms with van der Waals surface area (Å²) in [7, 11) is 0. The molecule has 0 bridgehead atoms. The van der Waals surface area contributed by atoms with Gasteiger partial charge in [-0.1, -0.05) is 31.3 Å². The van der Waals surface area contributed by atoms with Crippen LogP contribution >= 0.6 is 0 Å². The predicted octanol–water partition coefficient (Wildman–Crippen LogP) is 2.83. The third-order valence-electron chi connectivity index (χ3n) is 4.59. The lowest BCUT2D eigenvalue weighted by Crippen LogP contribution is -2.14. The summed E-state index contributed by atoms with van der Waals surface area (Å²) in [4.78, 5) is 4.67. The molecule has 1 aromatic heterocycles. The van der Waals surface area contributed by atoms with Crippen LogP contribution in [0, 0.1) is 5.92 Å². The van der Waals surface area contributed by atoms with Gasteiger partial charge in [0.25, 0.3) is 0 Å². The van der Waals surface area contributed by atoms with Crippen LogP contribution in [0.1, 0.15) is 69.0 Å². The van der Waals surface area contributed by atoms with E-state index >= 15 is 0 Å². The van der Waals surface area contributed by atoms with Crippen molar-refractivity contribution >= 4 is 0 Å². The van der Waals surface area contributed by atoms with E-state index in [1.807, 2.05) is 0 Å². The number of rotatable bonds is 3. The van der Waals surface area contributed by atoms with Crippen molar-refractivity contribution < 1.29 is 4.52 Å². The van der Waals surface area contributed by atoms with Crippen molar-refractivity contribution in [1.82, 2.24) is 15.5 Å². The van der Waals surface area contributed by atoms with Crippen LogP contribution in [-0.4, -0.2) is 23.2 Å². The number of aromatic nitrogens is 2. The first-order valence-corrected chi connectivity index (χ1v) is 7.41. The van der Waals surface area contributed by atoms with Crippen LogP contribution in [0.3, 0.4) is 0 Å². The minimum Gasteiger partial charge on any atom is -0.339 e. The zero-order chi connectivity index (χ0) is 12.4. The Morgan fingerprint density at radius 1 is 1.28 bits per heavy atom. The van der Waals surface area contributed by atoms with Crippen LogP contribution in [0.25, 0.3) is 0 Å².